The van der Waals surface area contributed by atoms with Crippen LogP contribution in [-0.2, 0) is 16.5 Å². The van der Waals surface area contributed by atoms with Crippen molar-refractivity contribution in [3.05, 3.63) is 83.4 Å². The molecule has 1 fully saturated rings. The zero-order valence-electron chi connectivity index (χ0n) is 22.3. The molecule has 0 saturated carbocycles. The molecule has 1 amide bonds. The van der Waals surface area contributed by atoms with Gasteiger partial charge in [0.2, 0.25) is 5.78 Å². The molecule has 0 radical (unpaired) electrons. The maximum Gasteiger partial charge on any atom is 0.254 e. The fourth-order valence-electron chi connectivity index (χ4n) is 5.35. The second-order valence-electron chi connectivity index (χ2n) is 9.95. The molecule has 0 bridgehead atoms. The molecule has 1 unspecified atom stereocenters. The number of carbonyl (C=O) groups excluding carboxylic acids is 2. The smallest absolute Gasteiger partial charge is 0.254 e. The number of aromatic hydroxyl groups is 1. The molecule has 9 heteroatoms. The first-order valence-electron chi connectivity index (χ1n) is 13.1. The number of aromatic nitrogens is 2. The van der Waals surface area contributed by atoms with Crippen molar-refractivity contribution in [3.8, 4) is 22.6 Å². The van der Waals surface area contributed by atoms with Crippen molar-refractivity contribution >= 4 is 28.8 Å². The van der Waals surface area contributed by atoms with Gasteiger partial charge in [0.25, 0.3) is 5.91 Å². The number of ketones is 1. The molecule has 4 aromatic rings. The van der Waals surface area contributed by atoms with E-state index in [1.807, 2.05) is 53.0 Å². The number of morpholine rings is 1. The van der Waals surface area contributed by atoms with Crippen LogP contribution in [0.2, 0.25) is 0 Å². The molecule has 40 heavy (non-hydrogen) atoms. The first kappa shape index (κ1) is 25.8. The van der Waals surface area contributed by atoms with E-state index in [9.17, 15) is 14.7 Å². The van der Waals surface area contributed by atoms with Gasteiger partial charge in [0.15, 0.2) is 5.76 Å². The molecule has 9 nitrogen and oxygen atoms in total. The highest BCUT2D eigenvalue weighted by Gasteiger charge is 2.31. The van der Waals surface area contributed by atoms with Crippen LogP contribution in [0.1, 0.15) is 32.7 Å². The largest absolute Gasteiger partial charge is 0.507 e. The Labute approximate surface area is 231 Å². The number of nitrogens with zero attached hydrogens (tertiary/aromatic N) is 3. The van der Waals surface area contributed by atoms with Crippen molar-refractivity contribution in [1.29, 1.82) is 0 Å². The van der Waals surface area contributed by atoms with Crippen LogP contribution in [0.15, 0.2) is 66.7 Å². The lowest BCUT2D eigenvalue weighted by atomic mass is 9.99. The highest BCUT2D eigenvalue weighted by molar-refractivity contribution is 6.17. The minimum absolute atomic E-state index is 0.0259. The maximum atomic E-state index is 13.2. The minimum atomic E-state index is -0.369. The van der Waals surface area contributed by atoms with Gasteiger partial charge in [-0.05, 0) is 54.0 Å². The lowest BCUT2D eigenvalue weighted by Gasteiger charge is -2.33. The summed E-state index contributed by atoms with van der Waals surface area (Å²) in [6.45, 7) is 2.20. The summed E-state index contributed by atoms with van der Waals surface area (Å²) in [4.78, 5) is 32.6. The molecular weight excluding hydrogens is 510 g/mol. The molecule has 2 aromatic heterocycles. The molecule has 204 valence electrons. The quantitative estimate of drug-likeness (QED) is 0.362. The molecule has 2 aliphatic rings. The Morgan fingerprint density at radius 1 is 1.20 bits per heavy atom. The number of fused-ring (bicyclic) bond motifs is 2. The van der Waals surface area contributed by atoms with Crippen molar-refractivity contribution in [2.75, 3.05) is 33.4 Å². The van der Waals surface area contributed by atoms with E-state index in [4.69, 9.17) is 14.2 Å². The second kappa shape index (κ2) is 10.6. The highest BCUT2D eigenvalue weighted by Crippen LogP contribution is 2.39. The number of aryl methyl sites for hydroxylation is 1. The Kier molecular flexibility index (Phi) is 6.83. The van der Waals surface area contributed by atoms with Crippen LogP contribution < -0.4 is 4.74 Å². The van der Waals surface area contributed by atoms with E-state index in [1.165, 1.54) is 6.07 Å². The normalized spacial score (nSPS) is 17.9. The average molecular weight is 540 g/mol. The molecule has 0 spiro atoms. The zero-order valence-corrected chi connectivity index (χ0v) is 22.3. The summed E-state index contributed by atoms with van der Waals surface area (Å²) in [5.41, 5.74) is 4.09. The van der Waals surface area contributed by atoms with E-state index >= 15 is 0 Å². The van der Waals surface area contributed by atoms with Crippen LogP contribution >= 0.6 is 0 Å². The third-order valence-corrected chi connectivity index (χ3v) is 7.36. The van der Waals surface area contributed by atoms with E-state index < -0.39 is 0 Å². The summed E-state index contributed by atoms with van der Waals surface area (Å²) in [6.07, 6.45) is 6.04. The number of Topliss-reactive ketones (excluding diaryl/α,β-unsaturated/α-hetero) is 1. The molecular formula is C31H29N3O6. The number of hydrogen-bond acceptors (Lipinski definition) is 7. The number of ether oxygens (including phenoxy) is 3. The number of phenols is 1. The third kappa shape index (κ3) is 4.63. The number of methoxy groups -OCH3 is 1. The van der Waals surface area contributed by atoms with Gasteiger partial charge in [-0.1, -0.05) is 18.2 Å². The van der Waals surface area contributed by atoms with Gasteiger partial charge in [0, 0.05) is 62.8 Å². The van der Waals surface area contributed by atoms with E-state index in [-0.39, 0.29) is 34.9 Å². The van der Waals surface area contributed by atoms with Crippen molar-refractivity contribution in [2.24, 2.45) is 7.05 Å². The van der Waals surface area contributed by atoms with Gasteiger partial charge < -0.3 is 28.8 Å². The monoisotopic (exact) mass is 539 g/mol. The third-order valence-electron chi connectivity index (χ3n) is 7.36. The van der Waals surface area contributed by atoms with Gasteiger partial charge >= 0.3 is 0 Å². The summed E-state index contributed by atoms with van der Waals surface area (Å²) >= 11 is 0. The Hall–Kier alpha value is -4.47. The lowest BCUT2D eigenvalue weighted by molar-refractivity contribution is -0.0332. The van der Waals surface area contributed by atoms with Crippen molar-refractivity contribution in [1.82, 2.24) is 14.5 Å². The minimum Gasteiger partial charge on any atom is -0.507 e. The number of rotatable bonds is 6. The molecule has 1 saturated heterocycles. The first-order chi connectivity index (χ1) is 19.4. The number of pyridine rings is 1. The van der Waals surface area contributed by atoms with Crippen LogP contribution in [-0.4, -0.2) is 70.8 Å². The number of carbonyl (C=O) groups is 2. The van der Waals surface area contributed by atoms with Crippen molar-refractivity contribution < 1.29 is 28.9 Å². The molecule has 6 rings (SSSR count). The van der Waals surface area contributed by atoms with Gasteiger partial charge in [-0.2, -0.15) is 0 Å². The molecule has 1 N–H and O–H groups in total. The maximum absolute atomic E-state index is 13.2. The van der Waals surface area contributed by atoms with Gasteiger partial charge in [-0.3, -0.25) is 9.59 Å². The molecule has 2 aromatic carbocycles. The Morgan fingerprint density at radius 2 is 2.02 bits per heavy atom. The molecule has 4 heterocycles. The number of phenolic OH excluding ortho intramolecular Hbond substituents is 1. The number of allylic oxidation sites excluding steroid dienone is 1. The summed E-state index contributed by atoms with van der Waals surface area (Å²) in [5, 5.41) is 11.0. The summed E-state index contributed by atoms with van der Waals surface area (Å²) in [7, 11) is 3.55. The topological polar surface area (TPSA) is 103 Å². The first-order valence-corrected chi connectivity index (χ1v) is 13.1. The van der Waals surface area contributed by atoms with Crippen molar-refractivity contribution in [3.63, 3.8) is 0 Å². The average Bonchev–Trinajstić information content (AvgIpc) is 3.48. The zero-order chi connectivity index (χ0) is 27.8. The fraction of sp³-hybridized carbons (Fsp3) is 0.258. The second-order valence-corrected chi connectivity index (χ2v) is 9.95. The van der Waals surface area contributed by atoms with Gasteiger partial charge in [0.05, 0.1) is 12.7 Å². The molecule has 0 aliphatic carbocycles. The van der Waals surface area contributed by atoms with E-state index in [0.717, 1.165) is 34.1 Å². The van der Waals surface area contributed by atoms with Crippen LogP contribution in [0.25, 0.3) is 28.2 Å². The predicted octanol–water partition coefficient (Wildman–Crippen LogP) is 4.44. The Balaban J connectivity index is 1.30. The Morgan fingerprint density at radius 3 is 2.80 bits per heavy atom. The van der Waals surface area contributed by atoms with Gasteiger partial charge in [0.1, 0.15) is 22.7 Å². The fourth-order valence-corrected chi connectivity index (χ4v) is 5.35. The van der Waals surface area contributed by atoms with E-state index in [2.05, 4.69) is 4.98 Å². The van der Waals surface area contributed by atoms with Crippen LogP contribution in [0.4, 0.5) is 0 Å². The SMILES string of the molecule is COCCC1CN(C(=O)c2ccc(-c3ccnc4c3c(C=C3Oc5cccc(O)c5C3=O)cn4C)cc2)CCO1. The number of hydrogen-bond donors (Lipinski definition) is 1. The molecule has 1 atom stereocenters. The van der Waals surface area contributed by atoms with Crippen LogP contribution in [0.5, 0.6) is 11.5 Å². The van der Waals surface area contributed by atoms with Gasteiger partial charge in [-0.15, -0.1) is 0 Å². The van der Waals surface area contributed by atoms with E-state index in [1.54, 1.807) is 31.5 Å². The van der Waals surface area contributed by atoms with Gasteiger partial charge in [-0.25, -0.2) is 4.98 Å². The summed E-state index contributed by atoms with van der Waals surface area (Å²) in [5.74, 6) is -0.0363. The summed E-state index contributed by atoms with van der Waals surface area (Å²) < 4.78 is 18.6. The summed E-state index contributed by atoms with van der Waals surface area (Å²) in [6, 6.07) is 14.2. The van der Waals surface area contributed by atoms with Crippen LogP contribution in [0.3, 0.4) is 0 Å². The van der Waals surface area contributed by atoms with Crippen molar-refractivity contribution in [2.45, 2.75) is 12.5 Å². The number of amides is 1. The Bertz CT molecular complexity index is 1640. The predicted molar refractivity (Wildman–Crippen MR) is 149 cm³/mol. The van der Waals surface area contributed by atoms with E-state index in [0.29, 0.717) is 37.6 Å². The molecule has 2 aliphatic heterocycles. The number of benzene rings is 2. The standard InChI is InChI=1S/C31H29N3O6/c1-33-17-21(16-26-29(36)28-24(35)4-3-5-25(28)40-26)27-23(10-12-32-30(27)33)19-6-8-20(9-7-19)31(37)34-13-15-39-22(18-34)11-14-38-2/h3-10,12,16-17,22,35H,11,13-15,18H2,1-2H3. The lowest BCUT2D eigenvalue weighted by Crippen LogP contribution is -2.45. The highest BCUT2D eigenvalue weighted by atomic mass is 16.5. The van der Waals surface area contributed by atoms with Crippen LogP contribution in [0, 0.1) is 0 Å².